The third-order valence-electron chi connectivity index (χ3n) is 4.42. The summed E-state index contributed by atoms with van der Waals surface area (Å²) >= 11 is 1.39. The van der Waals surface area contributed by atoms with Crippen molar-refractivity contribution in [2.75, 3.05) is 4.72 Å². The molecule has 1 aliphatic rings. The summed E-state index contributed by atoms with van der Waals surface area (Å²) < 4.78 is 66.5. The summed E-state index contributed by atoms with van der Waals surface area (Å²) in [6.07, 6.45) is -3.73. The van der Waals surface area contributed by atoms with Crippen molar-refractivity contribution in [3.63, 3.8) is 0 Å². The number of rotatable bonds is 4. The molecule has 1 aliphatic heterocycles. The van der Waals surface area contributed by atoms with E-state index in [-0.39, 0.29) is 22.7 Å². The maximum absolute atomic E-state index is 13.0. The first kappa shape index (κ1) is 20.1. The number of alkyl halides is 3. The van der Waals surface area contributed by atoms with E-state index in [1.807, 2.05) is 13.8 Å². The number of aryl methyl sites for hydroxylation is 2. The van der Waals surface area contributed by atoms with Crippen molar-refractivity contribution in [3.8, 4) is 0 Å². The lowest BCUT2D eigenvalue weighted by Gasteiger charge is -2.15. The Labute approximate surface area is 160 Å². The molecule has 2 heterocycles. The second-order valence-electron chi connectivity index (χ2n) is 6.62. The van der Waals surface area contributed by atoms with Crippen LogP contribution >= 0.6 is 11.3 Å². The number of benzene rings is 1. The Morgan fingerprint density at radius 2 is 1.74 bits per heavy atom. The van der Waals surface area contributed by atoms with Gasteiger partial charge in [-0.25, -0.2) is 13.8 Å². The Morgan fingerprint density at radius 3 is 2.26 bits per heavy atom. The van der Waals surface area contributed by atoms with Crippen LogP contribution in [0.5, 0.6) is 0 Å². The van der Waals surface area contributed by atoms with E-state index in [1.54, 1.807) is 6.92 Å². The number of sulfonamides is 1. The molecule has 2 aromatic rings. The van der Waals surface area contributed by atoms with Gasteiger partial charge in [0, 0.05) is 27.0 Å². The lowest BCUT2D eigenvalue weighted by atomic mass is 10.0. The van der Waals surface area contributed by atoms with Gasteiger partial charge in [-0.15, -0.1) is 11.3 Å². The molecule has 148 valence electrons. The number of nitrogens with one attached hydrogen (secondary N) is 3. The number of halogens is 3. The minimum Gasteiger partial charge on any atom is -0.280 e. The molecule has 0 radical (unpaired) electrons. The van der Waals surface area contributed by atoms with Crippen LogP contribution in [0.4, 0.5) is 18.9 Å². The van der Waals surface area contributed by atoms with Crippen molar-refractivity contribution in [2.24, 2.45) is 0 Å². The summed E-state index contributed by atoms with van der Waals surface area (Å²) in [6.45, 7) is 5.60. The van der Waals surface area contributed by atoms with Crippen molar-refractivity contribution >= 4 is 27.0 Å². The second-order valence-corrected chi connectivity index (χ2v) is 9.66. The Balaban J connectivity index is 1.94. The summed E-state index contributed by atoms with van der Waals surface area (Å²) in [5.41, 5.74) is 6.16. The van der Waals surface area contributed by atoms with Gasteiger partial charge in [-0.3, -0.25) is 10.1 Å². The summed E-state index contributed by atoms with van der Waals surface area (Å²) in [5.74, 6) is 0. The fraction of sp³-hybridized carbons (Fsp3) is 0.412. The average molecular weight is 419 g/mol. The molecular weight excluding hydrogens is 399 g/mol. The predicted molar refractivity (Wildman–Crippen MR) is 99.1 cm³/mol. The molecule has 1 aromatic heterocycles. The monoisotopic (exact) mass is 419 g/mol. The van der Waals surface area contributed by atoms with Gasteiger partial charge in [-0.1, -0.05) is 0 Å². The van der Waals surface area contributed by atoms with Crippen LogP contribution < -0.4 is 15.6 Å². The lowest BCUT2D eigenvalue weighted by Crippen LogP contribution is -2.29. The van der Waals surface area contributed by atoms with Crippen molar-refractivity contribution in [1.82, 2.24) is 10.9 Å². The maximum atomic E-state index is 13.0. The number of hydrazine groups is 1. The van der Waals surface area contributed by atoms with Crippen LogP contribution in [-0.4, -0.2) is 14.5 Å². The summed E-state index contributed by atoms with van der Waals surface area (Å²) in [6, 6.07) is 4.00. The standard InChI is InChI=1S/C17H20F3N3O2S2/c1-9-8-14(22-21-9)15-10(2)26-11(3)16(15)27(24,25)23-13-6-4-12(5-7-13)17(18,19)20/h4-7,9,14,21-23H,8H2,1-3H3. The molecule has 0 saturated carbocycles. The molecule has 5 nitrogen and oxygen atoms in total. The van der Waals surface area contributed by atoms with E-state index in [2.05, 4.69) is 15.6 Å². The average Bonchev–Trinajstić information content (AvgIpc) is 3.09. The van der Waals surface area contributed by atoms with Gasteiger partial charge in [-0.2, -0.15) is 13.2 Å². The molecule has 1 fully saturated rings. The highest BCUT2D eigenvalue weighted by molar-refractivity contribution is 7.93. The number of hydrogen-bond donors (Lipinski definition) is 3. The molecule has 1 saturated heterocycles. The predicted octanol–water partition coefficient (Wildman–Crippen LogP) is 4.11. The van der Waals surface area contributed by atoms with E-state index in [1.165, 1.54) is 11.3 Å². The minimum absolute atomic E-state index is 0.0862. The number of anilines is 1. The molecule has 3 N–H and O–H groups in total. The van der Waals surface area contributed by atoms with E-state index in [0.29, 0.717) is 10.4 Å². The fourth-order valence-electron chi connectivity index (χ4n) is 3.26. The van der Waals surface area contributed by atoms with Gasteiger partial charge in [0.25, 0.3) is 10.0 Å². The van der Waals surface area contributed by atoms with Gasteiger partial charge in [0.05, 0.1) is 11.6 Å². The third kappa shape index (κ3) is 4.13. The smallest absolute Gasteiger partial charge is 0.280 e. The van der Waals surface area contributed by atoms with Crippen LogP contribution in [0.1, 0.15) is 40.3 Å². The topological polar surface area (TPSA) is 70.2 Å². The van der Waals surface area contributed by atoms with Crippen LogP contribution in [0.25, 0.3) is 0 Å². The molecule has 0 bridgehead atoms. The molecule has 2 atom stereocenters. The number of hydrogen-bond acceptors (Lipinski definition) is 5. The quantitative estimate of drug-likeness (QED) is 0.698. The van der Waals surface area contributed by atoms with Crippen LogP contribution in [0.15, 0.2) is 29.2 Å². The minimum atomic E-state index is -4.47. The fourth-order valence-corrected chi connectivity index (χ4v) is 6.30. The first-order chi connectivity index (χ1) is 12.5. The maximum Gasteiger partial charge on any atom is 0.416 e. The zero-order valence-electron chi connectivity index (χ0n) is 14.9. The summed E-state index contributed by atoms with van der Waals surface area (Å²) in [7, 11) is -3.95. The van der Waals surface area contributed by atoms with Crippen LogP contribution in [0.2, 0.25) is 0 Å². The molecular formula is C17H20F3N3O2S2. The van der Waals surface area contributed by atoms with Gasteiger partial charge in [0.1, 0.15) is 4.90 Å². The third-order valence-corrected chi connectivity index (χ3v) is 7.16. The van der Waals surface area contributed by atoms with Crippen molar-refractivity contribution in [2.45, 2.75) is 50.3 Å². The highest BCUT2D eigenvalue weighted by Crippen LogP contribution is 2.39. The van der Waals surface area contributed by atoms with E-state index < -0.39 is 21.8 Å². The molecule has 27 heavy (non-hydrogen) atoms. The van der Waals surface area contributed by atoms with E-state index in [4.69, 9.17) is 0 Å². The largest absolute Gasteiger partial charge is 0.416 e. The molecule has 1 aromatic carbocycles. The van der Waals surface area contributed by atoms with Gasteiger partial charge in [0.15, 0.2) is 0 Å². The van der Waals surface area contributed by atoms with Gasteiger partial charge >= 0.3 is 6.18 Å². The van der Waals surface area contributed by atoms with Crippen molar-refractivity contribution < 1.29 is 21.6 Å². The molecule has 0 spiro atoms. The van der Waals surface area contributed by atoms with E-state index >= 15 is 0 Å². The van der Waals surface area contributed by atoms with E-state index in [0.717, 1.165) is 35.6 Å². The normalized spacial score (nSPS) is 20.8. The van der Waals surface area contributed by atoms with E-state index in [9.17, 15) is 21.6 Å². The SMILES string of the molecule is Cc1sc(C)c(S(=O)(=O)Nc2ccc(C(F)(F)F)cc2)c1C1CC(C)NN1. The van der Waals surface area contributed by atoms with Gasteiger partial charge < -0.3 is 0 Å². The lowest BCUT2D eigenvalue weighted by molar-refractivity contribution is -0.137. The Kier molecular flexibility index (Phi) is 5.28. The zero-order valence-corrected chi connectivity index (χ0v) is 16.6. The van der Waals surface area contributed by atoms with Crippen molar-refractivity contribution in [1.29, 1.82) is 0 Å². The van der Waals surface area contributed by atoms with Gasteiger partial charge in [-0.05, 0) is 51.5 Å². The molecule has 3 rings (SSSR count). The Bertz CT molecular complexity index is 938. The number of thiophene rings is 1. The molecule has 10 heteroatoms. The first-order valence-corrected chi connectivity index (χ1v) is 10.6. The summed E-state index contributed by atoms with van der Waals surface area (Å²) in [5, 5.41) is 0. The molecule has 2 unspecified atom stereocenters. The first-order valence-electron chi connectivity index (χ1n) is 8.30. The summed E-state index contributed by atoms with van der Waals surface area (Å²) in [4.78, 5) is 1.73. The highest BCUT2D eigenvalue weighted by atomic mass is 32.2. The molecule has 0 amide bonds. The zero-order chi connectivity index (χ0) is 20.0. The Morgan fingerprint density at radius 1 is 1.11 bits per heavy atom. The van der Waals surface area contributed by atoms with Crippen LogP contribution in [0.3, 0.4) is 0 Å². The second kappa shape index (κ2) is 7.08. The highest BCUT2D eigenvalue weighted by Gasteiger charge is 2.33. The van der Waals surface area contributed by atoms with Crippen LogP contribution in [-0.2, 0) is 16.2 Å². The van der Waals surface area contributed by atoms with Gasteiger partial charge in [0.2, 0.25) is 0 Å². The Hall–Kier alpha value is -1.62. The van der Waals surface area contributed by atoms with Crippen molar-refractivity contribution in [3.05, 3.63) is 45.1 Å². The van der Waals surface area contributed by atoms with Crippen LogP contribution in [0, 0.1) is 13.8 Å². The molecule has 0 aliphatic carbocycles.